The Bertz CT molecular complexity index is 439. The summed E-state index contributed by atoms with van der Waals surface area (Å²) in [6, 6.07) is 7.86. The number of amides is 2. The van der Waals surface area contributed by atoms with E-state index in [1.807, 2.05) is 24.3 Å². The Morgan fingerprint density at radius 2 is 2.12 bits per heavy atom. The van der Waals surface area contributed by atoms with Gasteiger partial charge in [-0.05, 0) is 12.1 Å². The lowest BCUT2D eigenvalue weighted by Crippen LogP contribution is -2.58. The molecule has 4 rings (SSSR count). The van der Waals surface area contributed by atoms with E-state index in [4.69, 9.17) is 4.74 Å². The smallest absolute Gasteiger partial charge is 0.245 e. The van der Waals surface area contributed by atoms with Gasteiger partial charge in [-0.1, -0.05) is 6.07 Å². The summed E-state index contributed by atoms with van der Waals surface area (Å²) in [5, 5.41) is 1.07. The highest BCUT2D eigenvalue weighted by molar-refractivity contribution is 7.81. The van der Waals surface area contributed by atoms with Gasteiger partial charge in [0.05, 0.1) is 6.42 Å². The number of carbonyl (C=O) groups is 2. The number of nitrogens with zero attached hydrogens (tertiary/aromatic N) is 1. The second-order valence-corrected chi connectivity index (χ2v) is 4.29. The van der Waals surface area contributed by atoms with Crippen molar-refractivity contribution in [2.75, 3.05) is 0 Å². The van der Waals surface area contributed by atoms with Crippen LogP contribution in [-0.4, -0.2) is 22.2 Å². The Hall–Kier alpha value is -1.69. The van der Waals surface area contributed by atoms with E-state index in [2.05, 4.69) is 18.1 Å². The first kappa shape index (κ1) is 11.8. The van der Waals surface area contributed by atoms with Crippen LogP contribution < -0.4 is 10.2 Å². The minimum Gasteiger partial charge on any atom is -0.457 e. The summed E-state index contributed by atoms with van der Waals surface area (Å²) < 4.78 is 5.01. The number of thiol groups is 1. The molecule has 0 aromatic heterocycles. The molecular weight excluding hydrogens is 240 g/mol. The van der Waals surface area contributed by atoms with E-state index < -0.39 is 0 Å². The molecule has 5 nitrogen and oxygen atoms in total. The lowest BCUT2D eigenvalue weighted by atomic mass is 10.2. The van der Waals surface area contributed by atoms with Crippen molar-refractivity contribution < 1.29 is 14.3 Å². The van der Waals surface area contributed by atoms with Crippen molar-refractivity contribution in [1.29, 1.82) is 0 Å². The van der Waals surface area contributed by atoms with E-state index in [0.717, 1.165) is 11.5 Å². The molecule has 3 heterocycles. The van der Waals surface area contributed by atoms with Crippen LogP contribution in [0.25, 0.3) is 0 Å². The topological polar surface area (TPSA) is 58.6 Å². The van der Waals surface area contributed by atoms with Crippen LogP contribution in [0.2, 0.25) is 0 Å². The quantitative estimate of drug-likeness (QED) is 0.594. The average Bonchev–Trinajstić information content (AvgIpc) is 2.27. The van der Waals surface area contributed by atoms with Crippen LogP contribution in [0.5, 0.6) is 11.5 Å². The summed E-state index contributed by atoms with van der Waals surface area (Å²) >= 11 is 4.00. The Morgan fingerprint density at radius 1 is 1.53 bits per heavy atom. The van der Waals surface area contributed by atoms with E-state index in [1.54, 1.807) is 0 Å². The number of hydrogen-bond donors (Lipinski definition) is 2. The van der Waals surface area contributed by atoms with Gasteiger partial charge < -0.3 is 4.74 Å². The molecule has 0 spiro atoms. The molecule has 1 fully saturated rings. The van der Waals surface area contributed by atoms with E-state index in [1.165, 1.54) is 11.9 Å². The highest BCUT2D eigenvalue weighted by Crippen LogP contribution is 2.32. The average molecular weight is 252 g/mol. The van der Waals surface area contributed by atoms with Gasteiger partial charge in [-0.2, -0.15) is 12.6 Å². The predicted octanol–water partition coefficient (Wildman–Crippen LogP) is 1.32. The molecule has 1 unspecified atom stereocenters. The standard InChI is InChI=1S/C6H4O.C5H8N2O2S/c1-2-5-4-6(3-1)7-5;1-3(8)6-7-4(9)2-5(7)10/h1-4H;5,10H,2H2,1H3,(H,6,8). The van der Waals surface area contributed by atoms with Gasteiger partial charge in [0.15, 0.2) is 0 Å². The third kappa shape index (κ3) is 2.71. The van der Waals surface area contributed by atoms with Crippen LogP contribution >= 0.6 is 12.6 Å². The highest BCUT2D eigenvalue weighted by Gasteiger charge is 2.33. The van der Waals surface area contributed by atoms with E-state index in [0.29, 0.717) is 6.42 Å². The molecule has 90 valence electrons. The maximum Gasteiger partial charge on any atom is 0.245 e. The molecular formula is C11H12N2O3S. The van der Waals surface area contributed by atoms with Crippen molar-refractivity contribution in [3.8, 4) is 11.5 Å². The lowest BCUT2D eigenvalue weighted by molar-refractivity contribution is -0.151. The van der Waals surface area contributed by atoms with Crippen molar-refractivity contribution in [3.63, 3.8) is 0 Å². The Balaban J connectivity index is 0.000000134. The first-order valence-corrected chi connectivity index (χ1v) is 5.63. The molecule has 1 saturated heterocycles. The highest BCUT2D eigenvalue weighted by atomic mass is 32.1. The number of benzene rings is 1. The van der Waals surface area contributed by atoms with E-state index >= 15 is 0 Å². The summed E-state index contributed by atoms with van der Waals surface area (Å²) in [6.07, 6.45) is 0.406. The second-order valence-electron chi connectivity index (χ2n) is 3.69. The molecule has 6 heteroatoms. The molecule has 3 aliphatic heterocycles. The number of nitrogens with one attached hydrogen (secondary N) is 1. The van der Waals surface area contributed by atoms with Gasteiger partial charge in [-0.25, -0.2) is 5.01 Å². The van der Waals surface area contributed by atoms with Crippen LogP contribution in [0.4, 0.5) is 0 Å². The van der Waals surface area contributed by atoms with Crippen molar-refractivity contribution in [2.24, 2.45) is 0 Å². The van der Waals surface area contributed by atoms with Crippen molar-refractivity contribution >= 4 is 24.4 Å². The zero-order valence-corrected chi connectivity index (χ0v) is 10.1. The SMILES string of the molecule is CC(=O)NN1C(=O)CC1S.c1cc2cc(c1)O2. The maximum absolute atomic E-state index is 10.6. The van der Waals surface area contributed by atoms with E-state index in [9.17, 15) is 9.59 Å². The number of hydrazine groups is 1. The lowest BCUT2D eigenvalue weighted by Gasteiger charge is -2.36. The minimum absolute atomic E-state index is 0.0878. The molecule has 1 atom stereocenters. The van der Waals surface area contributed by atoms with Gasteiger partial charge >= 0.3 is 0 Å². The summed E-state index contributed by atoms with van der Waals surface area (Å²) in [6.45, 7) is 1.35. The summed E-state index contributed by atoms with van der Waals surface area (Å²) in [5.74, 6) is 1.64. The summed E-state index contributed by atoms with van der Waals surface area (Å²) in [7, 11) is 0. The molecule has 1 aromatic carbocycles. The molecule has 0 aliphatic carbocycles. The molecule has 1 aromatic rings. The molecule has 3 aliphatic rings. The number of β-lactam (4-membered cyclic amide) rings is 1. The summed E-state index contributed by atoms with van der Waals surface area (Å²) in [5.41, 5.74) is 2.35. The molecule has 17 heavy (non-hydrogen) atoms. The monoisotopic (exact) mass is 252 g/mol. The van der Waals surface area contributed by atoms with Gasteiger partial charge in [0.1, 0.15) is 16.9 Å². The first-order chi connectivity index (χ1) is 8.06. The van der Waals surface area contributed by atoms with E-state index in [-0.39, 0.29) is 17.2 Å². The minimum atomic E-state index is -0.243. The zero-order valence-electron chi connectivity index (χ0n) is 9.21. The zero-order chi connectivity index (χ0) is 12.4. The van der Waals surface area contributed by atoms with Crippen molar-refractivity contribution in [3.05, 3.63) is 24.3 Å². The third-order valence-corrected chi connectivity index (χ3v) is 2.66. The summed E-state index contributed by atoms with van der Waals surface area (Å²) in [4.78, 5) is 21.0. The van der Waals surface area contributed by atoms with Crippen LogP contribution in [0.1, 0.15) is 13.3 Å². The van der Waals surface area contributed by atoms with Gasteiger partial charge in [0.2, 0.25) is 11.8 Å². The van der Waals surface area contributed by atoms with Crippen molar-refractivity contribution in [1.82, 2.24) is 10.4 Å². The first-order valence-electron chi connectivity index (χ1n) is 5.11. The molecule has 1 N–H and O–H groups in total. The number of rotatable bonds is 1. The fraction of sp³-hybridized carbons (Fsp3) is 0.273. The number of ether oxygens (including phenoxy) is 1. The van der Waals surface area contributed by atoms with Gasteiger partial charge in [-0.15, -0.1) is 0 Å². The normalized spacial score (nSPS) is 19.1. The molecule has 0 saturated carbocycles. The number of hydrogen-bond acceptors (Lipinski definition) is 4. The second kappa shape index (κ2) is 4.67. The third-order valence-electron chi connectivity index (χ3n) is 2.24. The fourth-order valence-corrected chi connectivity index (χ4v) is 1.73. The predicted molar refractivity (Wildman–Crippen MR) is 64.6 cm³/mol. The molecule has 2 bridgehead atoms. The van der Waals surface area contributed by atoms with Crippen LogP contribution in [0.3, 0.4) is 0 Å². The molecule has 2 amide bonds. The Labute approximate surface area is 104 Å². The van der Waals surface area contributed by atoms with Gasteiger partial charge in [0, 0.05) is 13.0 Å². The van der Waals surface area contributed by atoms with Gasteiger partial charge in [0.25, 0.3) is 0 Å². The Kier molecular flexibility index (Phi) is 3.23. The Morgan fingerprint density at radius 3 is 2.29 bits per heavy atom. The van der Waals surface area contributed by atoms with Crippen LogP contribution in [0.15, 0.2) is 24.3 Å². The maximum atomic E-state index is 10.6. The largest absolute Gasteiger partial charge is 0.457 e. The molecule has 0 radical (unpaired) electrons. The van der Waals surface area contributed by atoms with Crippen LogP contribution in [-0.2, 0) is 9.59 Å². The van der Waals surface area contributed by atoms with Gasteiger partial charge in [-0.3, -0.25) is 15.0 Å². The number of fused-ring (bicyclic) bond motifs is 2. The van der Waals surface area contributed by atoms with Crippen LogP contribution in [0, 0.1) is 0 Å². The number of carbonyl (C=O) groups excluding carboxylic acids is 2. The fourth-order valence-electron chi connectivity index (χ4n) is 1.39. The van der Waals surface area contributed by atoms with Crippen molar-refractivity contribution in [2.45, 2.75) is 18.7 Å².